The lowest BCUT2D eigenvalue weighted by Gasteiger charge is -2.13. The zero-order valence-corrected chi connectivity index (χ0v) is 19.9. The molecule has 0 atom stereocenters. The molecule has 0 spiro atoms. The van der Waals surface area contributed by atoms with E-state index < -0.39 is 31.5 Å². The van der Waals surface area contributed by atoms with Gasteiger partial charge >= 0.3 is 18.3 Å². The Hall–Kier alpha value is -3.85. The monoisotopic (exact) mass is 546 g/mol. The molecule has 0 unspecified atom stereocenters. The molecule has 0 radical (unpaired) electrons. The van der Waals surface area contributed by atoms with E-state index in [-0.39, 0.29) is 36.7 Å². The van der Waals surface area contributed by atoms with E-state index in [9.17, 15) is 31.1 Å². The van der Waals surface area contributed by atoms with Crippen LogP contribution in [0.3, 0.4) is 0 Å². The SMILES string of the molecule is O=C(O)CCOCCc1ccc(OCC=CC#Cc2cc(OCC(F)(F)F)cc(OCC(F)(F)F)c2)cc1. The summed E-state index contributed by atoms with van der Waals surface area (Å²) in [7, 11) is 0. The minimum Gasteiger partial charge on any atom is -0.490 e. The zero-order chi connectivity index (χ0) is 28.0. The maximum absolute atomic E-state index is 12.4. The van der Waals surface area contributed by atoms with Crippen molar-refractivity contribution in [3.8, 4) is 29.1 Å². The first kappa shape index (κ1) is 30.4. The number of rotatable bonds is 13. The van der Waals surface area contributed by atoms with Gasteiger partial charge in [0.05, 0.1) is 19.6 Å². The average Bonchev–Trinajstić information content (AvgIpc) is 2.83. The number of carboxylic acid groups (broad SMARTS) is 1. The van der Waals surface area contributed by atoms with Crippen LogP contribution in [0, 0.1) is 11.8 Å². The molecule has 0 amide bonds. The van der Waals surface area contributed by atoms with Crippen LogP contribution in [0.15, 0.2) is 54.6 Å². The Kier molecular flexibility index (Phi) is 11.8. The Labute approximate surface area is 214 Å². The van der Waals surface area contributed by atoms with Crippen molar-refractivity contribution in [2.75, 3.05) is 33.0 Å². The van der Waals surface area contributed by atoms with E-state index in [1.807, 2.05) is 12.1 Å². The lowest BCUT2D eigenvalue weighted by atomic mass is 10.1. The summed E-state index contributed by atoms with van der Waals surface area (Å²) in [4.78, 5) is 10.4. The normalized spacial score (nSPS) is 11.6. The summed E-state index contributed by atoms with van der Waals surface area (Å²) in [6.45, 7) is -2.55. The third kappa shape index (κ3) is 14.0. The molecule has 2 aromatic rings. The van der Waals surface area contributed by atoms with Gasteiger partial charge in [0.25, 0.3) is 0 Å². The molecule has 38 heavy (non-hydrogen) atoms. The number of halogens is 6. The van der Waals surface area contributed by atoms with Gasteiger partial charge in [0.1, 0.15) is 23.9 Å². The fourth-order valence-electron chi connectivity index (χ4n) is 2.72. The van der Waals surface area contributed by atoms with Crippen molar-refractivity contribution in [2.24, 2.45) is 0 Å². The Bertz CT molecular complexity index is 1080. The molecular weight excluding hydrogens is 522 g/mol. The predicted octanol–water partition coefficient (Wildman–Crippen LogP) is 5.59. The minimum atomic E-state index is -4.63. The first-order valence-electron chi connectivity index (χ1n) is 11.1. The summed E-state index contributed by atoms with van der Waals surface area (Å²) in [6, 6.07) is 10.4. The molecule has 0 fully saturated rings. The molecule has 0 saturated heterocycles. The molecule has 12 heteroatoms. The van der Waals surface area contributed by atoms with Crippen molar-refractivity contribution in [3.63, 3.8) is 0 Å². The molecule has 206 valence electrons. The van der Waals surface area contributed by atoms with Gasteiger partial charge in [-0.3, -0.25) is 4.79 Å². The topological polar surface area (TPSA) is 74.2 Å². The summed E-state index contributed by atoms with van der Waals surface area (Å²) in [6.07, 6.45) is -5.71. The van der Waals surface area contributed by atoms with Crippen molar-refractivity contribution in [1.82, 2.24) is 0 Å². The van der Waals surface area contributed by atoms with E-state index in [0.29, 0.717) is 18.8 Å². The van der Waals surface area contributed by atoms with Gasteiger partial charge < -0.3 is 24.1 Å². The largest absolute Gasteiger partial charge is 0.490 e. The Morgan fingerprint density at radius 3 is 2.00 bits per heavy atom. The van der Waals surface area contributed by atoms with Crippen molar-refractivity contribution >= 4 is 5.97 Å². The molecular formula is C26H24F6O6. The number of aliphatic carboxylic acids is 1. The lowest BCUT2D eigenvalue weighted by molar-refractivity contribution is -0.154. The van der Waals surface area contributed by atoms with E-state index in [2.05, 4.69) is 21.3 Å². The van der Waals surface area contributed by atoms with E-state index in [1.165, 1.54) is 6.08 Å². The summed E-state index contributed by atoms with van der Waals surface area (Å²) in [5.41, 5.74) is 1.07. The fraction of sp³-hybridized carbons (Fsp3) is 0.346. The number of hydrogen-bond acceptors (Lipinski definition) is 5. The molecule has 0 aliphatic rings. The van der Waals surface area contributed by atoms with Crippen LogP contribution in [-0.4, -0.2) is 56.5 Å². The molecule has 0 aliphatic heterocycles. The van der Waals surface area contributed by atoms with Gasteiger partial charge in [-0.15, -0.1) is 0 Å². The van der Waals surface area contributed by atoms with Gasteiger partial charge in [-0.05, 0) is 48.4 Å². The standard InChI is InChI=1S/C26H24F6O6/c27-25(28,29)17-37-22-14-20(15-23(16-22)38-18-26(30,31)32)4-2-1-3-11-36-21-7-5-19(6-8-21)9-12-35-13-10-24(33)34/h1,3,5-8,14-16H,9-13,17-18H2,(H,33,34). The van der Waals surface area contributed by atoms with Crippen LogP contribution >= 0.6 is 0 Å². The van der Waals surface area contributed by atoms with Gasteiger partial charge in [0, 0.05) is 11.6 Å². The summed E-state index contributed by atoms with van der Waals surface area (Å²) in [5, 5.41) is 8.55. The van der Waals surface area contributed by atoms with Gasteiger partial charge in [0.15, 0.2) is 13.2 Å². The second-order valence-electron chi connectivity index (χ2n) is 7.63. The van der Waals surface area contributed by atoms with Gasteiger partial charge in [-0.1, -0.05) is 24.0 Å². The second-order valence-corrected chi connectivity index (χ2v) is 7.63. The van der Waals surface area contributed by atoms with Gasteiger partial charge in [0.2, 0.25) is 0 Å². The first-order valence-corrected chi connectivity index (χ1v) is 11.1. The molecule has 2 rings (SSSR count). The molecule has 0 aliphatic carbocycles. The van der Waals surface area contributed by atoms with Crippen LogP contribution in [0.1, 0.15) is 17.5 Å². The maximum Gasteiger partial charge on any atom is 0.422 e. The third-order valence-corrected chi connectivity index (χ3v) is 4.37. The van der Waals surface area contributed by atoms with Gasteiger partial charge in [-0.25, -0.2) is 0 Å². The van der Waals surface area contributed by atoms with Crippen molar-refractivity contribution in [1.29, 1.82) is 0 Å². The predicted molar refractivity (Wildman–Crippen MR) is 124 cm³/mol. The third-order valence-electron chi connectivity index (χ3n) is 4.37. The Morgan fingerprint density at radius 1 is 0.842 bits per heavy atom. The fourth-order valence-corrected chi connectivity index (χ4v) is 2.72. The zero-order valence-electron chi connectivity index (χ0n) is 19.9. The van der Waals surface area contributed by atoms with Crippen LogP contribution < -0.4 is 14.2 Å². The highest BCUT2D eigenvalue weighted by Crippen LogP contribution is 2.26. The van der Waals surface area contributed by atoms with Crippen LogP contribution in [0.5, 0.6) is 17.2 Å². The highest BCUT2D eigenvalue weighted by molar-refractivity contribution is 5.66. The van der Waals surface area contributed by atoms with E-state index >= 15 is 0 Å². The lowest BCUT2D eigenvalue weighted by Crippen LogP contribution is -2.20. The Balaban J connectivity index is 1.88. The second kappa shape index (κ2) is 14.8. The smallest absolute Gasteiger partial charge is 0.422 e. The quantitative estimate of drug-likeness (QED) is 0.201. The maximum atomic E-state index is 12.4. The van der Waals surface area contributed by atoms with Crippen LogP contribution in [0.4, 0.5) is 26.3 Å². The number of carboxylic acids is 1. The summed E-state index contributed by atoms with van der Waals surface area (Å²) in [5.74, 6) is 4.21. The molecule has 2 aromatic carbocycles. The number of ether oxygens (including phenoxy) is 4. The van der Waals surface area contributed by atoms with Crippen LogP contribution in [0.2, 0.25) is 0 Å². The van der Waals surface area contributed by atoms with Crippen molar-refractivity contribution < 1.29 is 55.2 Å². The first-order chi connectivity index (χ1) is 17.9. The molecule has 6 nitrogen and oxygen atoms in total. The van der Waals surface area contributed by atoms with E-state index in [1.54, 1.807) is 18.2 Å². The highest BCUT2D eigenvalue weighted by Gasteiger charge is 2.29. The van der Waals surface area contributed by atoms with Crippen LogP contribution in [-0.2, 0) is 16.0 Å². The summed E-state index contributed by atoms with van der Waals surface area (Å²) < 4.78 is 94.6. The van der Waals surface area contributed by atoms with Crippen molar-refractivity contribution in [3.05, 3.63) is 65.7 Å². The minimum absolute atomic E-state index is 0.0507. The number of allylic oxidation sites excluding steroid dienone is 1. The van der Waals surface area contributed by atoms with Gasteiger partial charge in [-0.2, -0.15) is 26.3 Å². The number of hydrogen-bond donors (Lipinski definition) is 1. The molecule has 0 bridgehead atoms. The number of benzene rings is 2. The van der Waals surface area contributed by atoms with Crippen LogP contribution in [0.25, 0.3) is 0 Å². The molecule has 1 N–H and O–H groups in total. The highest BCUT2D eigenvalue weighted by atomic mass is 19.4. The molecule has 0 aromatic heterocycles. The molecule has 0 heterocycles. The average molecular weight is 546 g/mol. The summed E-state index contributed by atoms with van der Waals surface area (Å²) >= 11 is 0. The number of carbonyl (C=O) groups is 1. The van der Waals surface area contributed by atoms with Crippen molar-refractivity contribution in [2.45, 2.75) is 25.2 Å². The van der Waals surface area contributed by atoms with E-state index in [0.717, 1.165) is 23.8 Å². The molecule has 0 saturated carbocycles. The Morgan fingerprint density at radius 2 is 1.45 bits per heavy atom. The number of alkyl halides is 6. The van der Waals surface area contributed by atoms with E-state index in [4.69, 9.17) is 14.6 Å².